The van der Waals surface area contributed by atoms with Crippen LogP contribution < -0.4 is 10.1 Å². The number of hydrogen-bond acceptors (Lipinski definition) is 3. The molecular formula is C17H21NO2. The summed E-state index contributed by atoms with van der Waals surface area (Å²) in [4.78, 5) is 0. The molecule has 3 heteroatoms. The van der Waals surface area contributed by atoms with Gasteiger partial charge in [-0.25, -0.2) is 0 Å². The van der Waals surface area contributed by atoms with Crippen molar-refractivity contribution < 1.29 is 9.15 Å². The lowest BCUT2D eigenvalue weighted by Gasteiger charge is -2.20. The Hall–Kier alpha value is -1.74. The van der Waals surface area contributed by atoms with Crippen LogP contribution in [0.3, 0.4) is 0 Å². The minimum atomic E-state index is 0.0747. The Bertz CT molecular complexity index is 587. The quantitative estimate of drug-likeness (QED) is 0.921. The van der Waals surface area contributed by atoms with Crippen molar-refractivity contribution in [3.05, 3.63) is 53.5 Å². The van der Waals surface area contributed by atoms with Crippen LogP contribution in [0.4, 0.5) is 0 Å². The summed E-state index contributed by atoms with van der Waals surface area (Å²) >= 11 is 0. The molecule has 2 heterocycles. The van der Waals surface area contributed by atoms with Crippen molar-refractivity contribution in [1.82, 2.24) is 5.32 Å². The summed E-state index contributed by atoms with van der Waals surface area (Å²) in [5.41, 5.74) is 2.58. The minimum absolute atomic E-state index is 0.0747. The van der Waals surface area contributed by atoms with E-state index in [1.165, 1.54) is 11.1 Å². The lowest BCUT2D eigenvalue weighted by atomic mass is 9.85. The lowest BCUT2D eigenvalue weighted by Crippen LogP contribution is -2.22. The first-order valence-corrected chi connectivity index (χ1v) is 7.16. The van der Waals surface area contributed by atoms with Gasteiger partial charge in [0.1, 0.15) is 11.5 Å². The molecular weight excluding hydrogens is 250 g/mol. The Morgan fingerprint density at radius 1 is 1.30 bits per heavy atom. The Labute approximate surface area is 119 Å². The van der Waals surface area contributed by atoms with Gasteiger partial charge in [-0.1, -0.05) is 26.8 Å². The third-order valence-electron chi connectivity index (χ3n) is 3.89. The standard InChI is InChI=1S/C17H21NO2/c1-4-18-16(15-6-5-9-19-15)12-7-8-14-13(10-12)17(2,3)11-20-14/h5-10,16,18H,4,11H2,1-3H3. The second-order valence-corrected chi connectivity index (χ2v) is 5.93. The molecule has 1 unspecified atom stereocenters. The van der Waals surface area contributed by atoms with E-state index in [1.807, 2.05) is 12.1 Å². The average Bonchev–Trinajstić information content (AvgIpc) is 3.05. The van der Waals surface area contributed by atoms with E-state index in [0.717, 1.165) is 24.7 Å². The number of rotatable bonds is 4. The van der Waals surface area contributed by atoms with Gasteiger partial charge >= 0.3 is 0 Å². The molecule has 0 fully saturated rings. The summed E-state index contributed by atoms with van der Waals surface area (Å²) in [7, 11) is 0. The van der Waals surface area contributed by atoms with E-state index in [0.29, 0.717) is 0 Å². The van der Waals surface area contributed by atoms with E-state index in [2.05, 4.69) is 44.3 Å². The molecule has 1 N–H and O–H groups in total. The van der Waals surface area contributed by atoms with Crippen molar-refractivity contribution in [3.63, 3.8) is 0 Å². The molecule has 1 aromatic carbocycles. The van der Waals surface area contributed by atoms with Gasteiger partial charge in [0.05, 0.1) is 18.9 Å². The first-order chi connectivity index (χ1) is 9.62. The van der Waals surface area contributed by atoms with Gasteiger partial charge in [-0.15, -0.1) is 0 Å². The zero-order valence-corrected chi connectivity index (χ0v) is 12.3. The summed E-state index contributed by atoms with van der Waals surface area (Å²) in [6.45, 7) is 8.19. The van der Waals surface area contributed by atoms with Crippen molar-refractivity contribution in [3.8, 4) is 5.75 Å². The maximum atomic E-state index is 5.76. The van der Waals surface area contributed by atoms with Gasteiger partial charge in [-0.2, -0.15) is 0 Å². The Morgan fingerprint density at radius 3 is 2.85 bits per heavy atom. The molecule has 3 nitrogen and oxygen atoms in total. The number of hydrogen-bond donors (Lipinski definition) is 1. The normalized spacial score (nSPS) is 17.6. The van der Waals surface area contributed by atoms with Gasteiger partial charge in [-0.3, -0.25) is 0 Å². The van der Waals surface area contributed by atoms with Crippen LogP contribution in [-0.2, 0) is 5.41 Å². The van der Waals surface area contributed by atoms with Crippen LogP contribution in [-0.4, -0.2) is 13.2 Å². The van der Waals surface area contributed by atoms with Crippen LogP contribution in [0.5, 0.6) is 5.75 Å². The van der Waals surface area contributed by atoms with Gasteiger partial charge < -0.3 is 14.5 Å². The molecule has 1 atom stereocenters. The molecule has 0 radical (unpaired) electrons. The van der Waals surface area contributed by atoms with Gasteiger partial charge in [0, 0.05) is 11.0 Å². The van der Waals surface area contributed by atoms with Crippen molar-refractivity contribution >= 4 is 0 Å². The van der Waals surface area contributed by atoms with Gasteiger partial charge in [0.2, 0.25) is 0 Å². The maximum absolute atomic E-state index is 5.76. The van der Waals surface area contributed by atoms with Crippen LogP contribution in [0.25, 0.3) is 0 Å². The van der Waals surface area contributed by atoms with Crippen LogP contribution in [0.1, 0.15) is 43.7 Å². The molecule has 3 rings (SSSR count). The fraction of sp³-hybridized carbons (Fsp3) is 0.412. The fourth-order valence-electron chi connectivity index (χ4n) is 2.76. The Kier molecular flexibility index (Phi) is 3.30. The van der Waals surface area contributed by atoms with E-state index in [-0.39, 0.29) is 11.5 Å². The first-order valence-electron chi connectivity index (χ1n) is 7.16. The van der Waals surface area contributed by atoms with E-state index in [1.54, 1.807) is 6.26 Å². The van der Waals surface area contributed by atoms with Gasteiger partial charge in [-0.05, 0) is 36.4 Å². The van der Waals surface area contributed by atoms with Gasteiger partial charge in [0.15, 0.2) is 0 Å². The average molecular weight is 271 g/mol. The molecule has 0 spiro atoms. The molecule has 1 aromatic heterocycles. The second-order valence-electron chi connectivity index (χ2n) is 5.93. The van der Waals surface area contributed by atoms with Crippen LogP contribution in [0.2, 0.25) is 0 Å². The molecule has 0 amide bonds. The smallest absolute Gasteiger partial charge is 0.125 e. The third kappa shape index (κ3) is 2.22. The number of ether oxygens (including phenoxy) is 1. The van der Waals surface area contributed by atoms with Crippen molar-refractivity contribution in [2.75, 3.05) is 13.2 Å². The summed E-state index contributed by atoms with van der Waals surface area (Å²) in [5.74, 6) is 1.96. The molecule has 20 heavy (non-hydrogen) atoms. The number of nitrogens with one attached hydrogen (secondary N) is 1. The number of fused-ring (bicyclic) bond motifs is 1. The number of furan rings is 1. The topological polar surface area (TPSA) is 34.4 Å². The SMILES string of the molecule is CCNC(c1ccc2c(c1)C(C)(C)CO2)c1ccco1. The first kappa shape index (κ1) is 13.3. The van der Waals surface area contributed by atoms with Crippen molar-refractivity contribution in [2.45, 2.75) is 32.2 Å². The highest BCUT2D eigenvalue weighted by Crippen LogP contribution is 2.40. The molecule has 1 aliphatic rings. The van der Waals surface area contributed by atoms with Crippen LogP contribution in [0.15, 0.2) is 41.0 Å². The Morgan fingerprint density at radius 2 is 2.15 bits per heavy atom. The molecule has 0 aliphatic carbocycles. The molecule has 0 saturated carbocycles. The van der Waals surface area contributed by atoms with Crippen LogP contribution >= 0.6 is 0 Å². The summed E-state index contributed by atoms with van der Waals surface area (Å²) in [6, 6.07) is 10.5. The molecule has 2 aromatic rings. The fourth-order valence-corrected chi connectivity index (χ4v) is 2.76. The van der Waals surface area contributed by atoms with Crippen molar-refractivity contribution in [2.24, 2.45) is 0 Å². The zero-order chi connectivity index (χ0) is 14.2. The number of benzene rings is 1. The molecule has 106 valence electrons. The van der Waals surface area contributed by atoms with Gasteiger partial charge in [0.25, 0.3) is 0 Å². The molecule has 0 saturated heterocycles. The summed E-state index contributed by atoms with van der Waals surface area (Å²) in [6.07, 6.45) is 1.72. The largest absolute Gasteiger partial charge is 0.492 e. The highest BCUT2D eigenvalue weighted by molar-refractivity contribution is 5.46. The highest BCUT2D eigenvalue weighted by atomic mass is 16.5. The van der Waals surface area contributed by atoms with E-state index in [4.69, 9.17) is 9.15 Å². The third-order valence-corrected chi connectivity index (χ3v) is 3.89. The van der Waals surface area contributed by atoms with Crippen LogP contribution in [0, 0.1) is 0 Å². The molecule has 0 bridgehead atoms. The maximum Gasteiger partial charge on any atom is 0.125 e. The predicted octanol–water partition coefficient (Wildman–Crippen LogP) is 3.65. The lowest BCUT2D eigenvalue weighted by molar-refractivity contribution is 0.291. The zero-order valence-electron chi connectivity index (χ0n) is 12.3. The van der Waals surface area contributed by atoms with E-state index >= 15 is 0 Å². The minimum Gasteiger partial charge on any atom is -0.492 e. The van der Waals surface area contributed by atoms with Crippen molar-refractivity contribution in [1.29, 1.82) is 0 Å². The van der Waals surface area contributed by atoms with E-state index in [9.17, 15) is 0 Å². The predicted molar refractivity (Wildman–Crippen MR) is 79.2 cm³/mol. The highest BCUT2D eigenvalue weighted by Gasteiger charge is 2.32. The monoisotopic (exact) mass is 271 g/mol. The second kappa shape index (κ2) is 4.98. The Balaban J connectivity index is 2.01. The summed E-state index contributed by atoms with van der Waals surface area (Å²) in [5, 5.41) is 3.49. The summed E-state index contributed by atoms with van der Waals surface area (Å²) < 4.78 is 11.3. The molecule has 1 aliphatic heterocycles. The van der Waals surface area contributed by atoms with E-state index < -0.39 is 0 Å².